The number of amides is 1. The Kier molecular flexibility index (Phi) is 7.63. The molecule has 6 nitrogen and oxygen atoms in total. The van der Waals surface area contributed by atoms with Crippen LogP contribution in [0.4, 0.5) is 18.9 Å². The lowest BCUT2D eigenvalue weighted by Crippen LogP contribution is -2.27. The third kappa shape index (κ3) is 5.95. The van der Waals surface area contributed by atoms with Crippen LogP contribution in [0.15, 0.2) is 77.7 Å². The molecule has 0 aliphatic carbocycles. The van der Waals surface area contributed by atoms with Crippen molar-refractivity contribution in [2.24, 2.45) is 0 Å². The van der Waals surface area contributed by atoms with Crippen molar-refractivity contribution in [3.63, 3.8) is 0 Å². The molecule has 10 heteroatoms. The van der Waals surface area contributed by atoms with Crippen LogP contribution in [0.2, 0.25) is 0 Å². The van der Waals surface area contributed by atoms with Gasteiger partial charge in [-0.05, 0) is 55.5 Å². The summed E-state index contributed by atoms with van der Waals surface area (Å²) in [6.45, 7) is 2.00. The van der Waals surface area contributed by atoms with Gasteiger partial charge in [-0.25, -0.2) is 8.42 Å². The predicted molar refractivity (Wildman–Crippen MR) is 122 cm³/mol. The number of rotatable bonds is 8. The number of alkyl halides is 3. The number of halogens is 3. The van der Waals surface area contributed by atoms with Gasteiger partial charge in [0.2, 0.25) is 10.0 Å². The summed E-state index contributed by atoms with van der Waals surface area (Å²) in [7, 11) is -2.39. The Morgan fingerprint density at radius 2 is 1.71 bits per heavy atom. The van der Waals surface area contributed by atoms with Crippen molar-refractivity contribution in [3.8, 4) is 5.75 Å². The summed E-state index contributed by atoms with van der Waals surface area (Å²) in [6, 6.07) is 16.7. The van der Waals surface area contributed by atoms with Gasteiger partial charge in [0.05, 0.1) is 17.1 Å². The maximum absolute atomic E-state index is 13.0. The highest BCUT2D eigenvalue weighted by molar-refractivity contribution is 7.89. The normalized spacial score (nSPS) is 11.9. The SMILES string of the molecule is CCOc1ccc(C(=O)Nc2cccc(C(F)(F)F)c2)cc1CN(C)S(=O)(=O)c1ccccc1. The molecule has 3 aromatic carbocycles. The molecule has 1 amide bonds. The number of nitrogens with zero attached hydrogens (tertiary/aromatic N) is 1. The first-order chi connectivity index (χ1) is 16.0. The van der Waals surface area contributed by atoms with Gasteiger partial charge in [-0.3, -0.25) is 4.79 Å². The van der Waals surface area contributed by atoms with E-state index in [2.05, 4.69) is 5.32 Å². The van der Waals surface area contributed by atoms with E-state index in [1.807, 2.05) is 0 Å². The monoisotopic (exact) mass is 492 g/mol. The predicted octanol–water partition coefficient (Wildman–Crippen LogP) is 5.18. The molecule has 0 aliphatic rings. The summed E-state index contributed by atoms with van der Waals surface area (Å²) >= 11 is 0. The molecule has 0 spiro atoms. The van der Waals surface area contributed by atoms with Crippen LogP contribution in [0.5, 0.6) is 5.75 Å². The molecule has 0 radical (unpaired) electrons. The molecule has 0 bridgehead atoms. The largest absolute Gasteiger partial charge is 0.494 e. The van der Waals surface area contributed by atoms with Gasteiger partial charge >= 0.3 is 6.18 Å². The average Bonchev–Trinajstić information content (AvgIpc) is 2.80. The number of hydrogen-bond acceptors (Lipinski definition) is 4. The van der Waals surface area contributed by atoms with Crippen LogP contribution < -0.4 is 10.1 Å². The number of benzene rings is 3. The summed E-state index contributed by atoms with van der Waals surface area (Å²) in [5.41, 5.74) is -0.327. The molecule has 0 saturated heterocycles. The fraction of sp³-hybridized carbons (Fsp3) is 0.208. The first-order valence-corrected chi connectivity index (χ1v) is 11.7. The lowest BCUT2D eigenvalue weighted by atomic mass is 10.1. The summed E-state index contributed by atoms with van der Waals surface area (Å²) in [5, 5.41) is 2.45. The highest BCUT2D eigenvalue weighted by atomic mass is 32.2. The summed E-state index contributed by atoms with van der Waals surface area (Å²) in [4.78, 5) is 12.9. The number of carbonyl (C=O) groups is 1. The van der Waals surface area contributed by atoms with Crippen molar-refractivity contribution in [1.82, 2.24) is 4.31 Å². The van der Waals surface area contributed by atoms with E-state index in [9.17, 15) is 26.4 Å². The average molecular weight is 493 g/mol. The highest BCUT2D eigenvalue weighted by Gasteiger charge is 2.30. The zero-order valence-electron chi connectivity index (χ0n) is 18.5. The molecule has 1 N–H and O–H groups in total. The van der Waals surface area contributed by atoms with E-state index < -0.39 is 27.7 Å². The van der Waals surface area contributed by atoms with E-state index in [1.165, 1.54) is 49.5 Å². The van der Waals surface area contributed by atoms with E-state index in [1.54, 1.807) is 25.1 Å². The number of sulfonamides is 1. The Labute approximate surface area is 196 Å². The second-order valence-corrected chi connectivity index (χ2v) is 9.41. The van der Waals surface area contributed by atoms with E-state index in [4.69, 9.17) is 4.74 Å². The van der Waals surface area contributed by atoms with Crippen molar-refractivity contribution < 1.29 is 31.1 Å². The molecule has 0 aliphatic heterocycles. The van der Waals surface area contributed by atoms with Gasteiger partial charge < -0.3 is 10.1 Å². The molecule has 3 rings (SSSR count). The van der Waals surface area contributed by atoms with Crippen LogP contribution in [0.1, 0.15) is 28.4 Å². The highest BCUT2D eigenvalue weighted by Crippen LogP contribution is 2.31. The third-order valence-corrected chi connectivity index (χ3v) is 6.73. The summed E-state index contributed by atoms with van der Waals surface area (Å²) < 4.78 is 71.4. The molecule has 0 heterocycles. The minimum Gasteiger partial charge on any atom is -0.494 e. The number of anilines is 1. The molecule has 3 aromatic rings. The minimum atomic E-state index is -4.54. The minimum absolute atomic E-state index is 0.0148. The van der Waals surface area contributed by atoms with Crippen molar-refractivity contribution in [3.05, 3.63) is 89.5 Å². The lowest BCUT2D eigenvalue weighted by Gasteiger charge is -2.20. The molecule has 0 atom stereocenters. The van der Waals surface area contributed by atoms with Crippen LogP contribution in [-0.4, -0.2) is 32.3 Å². The summed E-state index contributed by atoms with van der Waals surface area (Å²) in [6.07, 6.45) is -4.54. The van der Waals surface area contributed by atoms with Crippen molar-refractivity contribution in [2.75, 3.05) is 19.0 Å². The quantitative estimate of drug-likeness (QED) is 0.470. The van der Waals surface area contributed by atoms with E-state index in [0.717, 1.165) is 16.4 Å². The van der Waals surface area contributed by atoms with Gasteiger partial charge in [0.1, 0.15) is 5.75 Å². The second kappa shape index (κ2) is 10.3. The van der Waals surface area contributed by atoms with Gasteiger partial charge in [0, 0.05) is 30.4 Å². The van der Waals surface area contributed by atoms with Gasteiger partial charge in [0.15, 0.2) is 0 Å². The number of nitrogens with one attached hydrogen (secondary N) is 1. The standard InChI is InChI=1S/C24H23F3N2O4S/c1-3-33-22-13-12-17(23(30)28-20-9-7-8-19(15-20)24(25,26)27)14-18(22)16-29(2)34(31,32)21-10-5-4-6-11-21/h4-15H,3,16H2,1-2H3,(H,28,30). The first-order valence-electron chi connectivity index (χ1n) is 10.3. The second-order valence-electron chi connectivity index (χ2n) is 7.36. The fourth-order valence-corrected chi connectivity index (χ4v) is 4.38. The van der Waals surface area contributed by atoms with Crippen LogP contribution in [0.25, 0.3) is 0 Å². The Balaban J connectivity index is 1.86. The zero-order chi connectivity index (χ0) is 24.9. The summed E-state index contributed by atoms with van der Waals surface area (Å²) in [5.74, 6) is -0.245. The van der Waals surface area contributed by atoms with Crippen LogP contribution in [0, 0.1) is 0 Å². The van der Waals surface area contributed by atoms with Crippen LogP contribution in [-0.2, 0) is 22.7 Å². The molecule has 0 saturated carbocycles. The Morgan fingerprint density at radius 3 is 2.35 bits per heavy atom. The zero-order valence-corrected chi connectivity index (χ0v) is 19.3. The van der Waals surface area contributed by atoms with Crippen molar-refractivity contribution in [2.45, 2.75) is 24.5 Å². The maximum atomic E-state index is 13.0. The number of hydrogen-bond donors (Lipinski definition) is 1. The van der Waals surface area contributed by atoms with Gasteiger partial charge in [0.25, 0.3) is 5.91 Å². The van der Waals surface area contributed by atoms with E-state index >= 15 is 0 Å². The third-order valence-electron chi connectivity index (χ3n) is 4.91. The van der Waals surface area contributed by atoms with Crippen LogP contribution in [0.3, 0.4) is 0 Å². The maximum Gasteiger partial charge on any atom is 0.416 e. The van der Waals surface area contributed by atoms with E-state index in [0.29, 0.717) is 17.9 Å². The number of carbonyl (C=O) groups excluding carboxylic acids is 1. The molecule has 34 heavy (non-hydrogen) atoms. The molecule has 0 fully saturated rings. The molecule has 0 aromatic heterocycles. The van der Waals surface area contributed by atoms with Gasteiger partial charge in [-0.15, -0.1) is 0 Å². The van der Waals surface area contributed by atoms with Crippen molar-refractivity contribution in [1.29, 1.82) is 0 Å². The van der Waals surface area contributed by atoms with Gasteiger partial charge in [-0.2, -0.15) is 17.5 Å². The molecular formula is C24H23F3N2O4S. The van der Waals surface area contributed by atoms with Crippen LogP contribution >= 0.6 is 0 Å². The molecule has 180 valence electrons. The molecular weight excluding hydrogens is 469 g/mol. The number of ether oxygens (including phenoxy) is 1. The first kappa shape index (κ1) is 25.3. The molecule has 0 unspecified atom stereocenters. The smallest absolute Gasteiger partial charge is 0.416 e. The Morgan fingerprint density at radius 1 is 1.00 bits per heavy atom. The Bertz CT molecular complexity index is 1260. The topological polar surface area (TPSA) is 75.7 Å². The lowest BCUT2D eigenvalue weighted by molar-refractivity contribution is -0.137. The fourth-order valence-electron chi connectivity index (χ4n) is 3.21. The van der Waals surface area contributed by atoms with Crippen molar-refractivity contribution >= 4 is 21.6 Å². The van der Waals surface area contributed by atoms with E-state index in [-0.39, 0.29) is 22.7 Å². The van der Waals surface area contributed by atoms with Gasteiger partial charge in [-0.1, -0.05) is 24.3 Å². The Hall–Kier alpha value is -3.37.